The summed E-state index contributed by atoms with van der Waals surface area (Å²) in [5, 5.41) is 20.8. The predicted octanol–water partition coefficient (Wildman–Crippen LogP) is 1.68. The van der Waals surface area contributed by atoms with E-state index in [1.165, 1.54) is 6.92 Å². The first-order valence-corrected chi connectivity index (χ1v) is 7.59. The van der Waals surface area contributed by atoms with E-state index in [0.29, 0.717) is 19.0 Å². The van der Waals surface area contributed by atoms with Crippen molar-refractivity contribution in [3.8, 4) is 0 Å². The number of carbonyl (C=O) groups is 2. The van der Waals surface area contributed by atoms with Crippen molar-refractivity contribution in [2.45, 2.75) is 59.1 Å². The molecule has 1 fully saturated rings. The Morgan fingerprint density at radius 2 is 1.86 bits per heavy atom. The number of carbonyl (C=O) groups excluding carboxylic acids is 1. The van der Waals surface area contributed by atoms with E-state index in [-0.39, 0.29) is 5.41 Å². The van der Waals surface area contributed by atoms with E-state index in [0.717, 1.165) is 19.3 Å². The normalized spacial score (nSPS) is 23.1. The zero-order valence-corrected chi connectivity index (χ0v) is 13.4. The molecule has 0 aliphatic carbocycles. The van der Waals surface area contributed by atoms with Crippen LogP contribution < -0.4 is 5.32 Å². The van der Waals surface area contributed by atoms with E-state index in [1.807, 2.05) is 0 Å². The SMILES string of the molecule is C[C@@H](O)[C@H](NC(=O)N1CCCC(C(C)(C)C)CC1)C(=O)O. The molecule has 1 heterocycles. The van der Waals surface area contributed by atoms with Crippen molar-refractivity contribution < 1.29 is 19.8 Å². The lowest BCUT2D eigenvalue weighted by Gasteiger charge is -2.30. The molecule has 1 aliphatic rings. The van der Waals surface area contributed by atoms with Crippen LogP contribution in [0.2, 0.25) is 0 Å². The number of hydrogen-bond acceptors (Lipinski definition) is 3. The third-order valence-electron chi connectivity index (χ3n) is 4.27. The Labute approximate surface area is 126 Å². The molecule has 6 nitrogen and oxygen atoms in total. The molecule has 6 heteroatoms. The molecular weight excluding hydrogens is 272 g/mol. The third kappa shape index (κ3) is 5.19. The van der Waals surface area contributed by atoms with Crippen molar-refractivity contribution in [1.82, 2.24) is 10.2 Å². The molecule has 0 aromatic carbocycles. The minimum atomic E-state index is -1.26. The number of nitrogens with zero attached hydrogens (tertiary/aromatic N) is 1. The van der Waals surface area contributed by atoms with Crippen molar-refractivity contribution in [2.24, 2.45) is 11.3 Å². The molecule has 2 amide bonds. The van der Waals surface area contributed by atoms with E-state index in [4.69, 9.17) is 5.11 Å². The van der Waals surface area contributed by atoms with Crippen LogP contribution in [0.1, 0.15) is 47.0 Å². The fourth-order valence-corrected chi connectivity index (χ4v) is 2.78. The van der Waals surface area contributed by atoms with Crippen molar-refractivity contribution >= 4 is 12.0 Å². The van der Waals surface area contributed by atoms with Crippen LogP contribution in [0.5, 0.6) is 0 Å². The smallest absolute Gasteiger partial charge is 0.328 e. The molecule has 0 bridgehead atoms. The van der Waals surface area contributed by atoms with Gasteiger partial charge in [0.05, 0.1) is 6.10 Å². The first-order chi connectivity index (χ1) is 9.62. The minimum Gasteiger partial charge on any atom is -0.480 e. The van der Waals surface area contributed by atoms with Gasteiger partial charge in [0.2, 0.25) is 0 Å². The summed E-state index contributed by atoms with van der Waals surface area (Å²) in [6, 6.07) is -1.67. The fraction of sp³-hybridized carbons (Fsp3) is 0.867. The molecule has 1 aliphatic heterocycles. The molecule has 1 rings (SSSR count). The topological polar surface area (TPSA) is 89.9 Å². The first-order valence-electron chi connectivity index (χ1n) is 7.59. The molecule has 21 heavy (non-hydrogen) atoms. The quantitative estimate of drug-likeness (QED) is 0.739. The second-order valence-corrected chi connectivity index (χ2v) is 6.99. The Morgan fingerprint density at radius 1 is 1.24 bits per heavy atom. The summed E-state index contributed by atoms with van der Waals surface area (Å²) in [6.45, 7) is 9.24. The van der Waals surface area contributed by atoms with Gasteiger partial charge in [-0.3, -0.25) is 0 Å². The number of amides is 2. The number of aliphatic hydroxyl groups is 1. The van der Waals surface area contributed by atoms with Crippen LogP contribution in [0.4, 0.5) is 4.79 Å². The fourth-order valence-electron chi connectivity index (χ4n) is 2.78. The van der Waals surface area contributed by atoms with Crippen LogP contribution >= 0.6 is 0 Å². The van der Waals surface area contributed by atoms with Gasteiger partial charge in [0.1, 0.15) is 0 Å². The van der Waals surface area contributed by atoms with Crippen molar-refractivity contribution in [2.75, 3.05) is 13.1 Å². The van der Waals surface area contributed by atoms with Crippen LogP contribution in [0.25, 0.3) is 0 Å². The maximum Gasteiger partial charge on any atom is 0.328 e. The highest BCUT2D eigenvalue weighted by molar-refractivity contribution is 5.83. The zero-order chi connectivity index (χ0) is 16.2. The molecule has 0 aromatic heterocycles. The molecule has 122 valence electrons. The molecule has 0 aromatic rings. The monoisotopic (exact) mass is 300 g/mol. The standard InChI is InChI=1S/C15H28N2O4/c1-10(18)12(13(19)20)16-14(21)17-8-5-6-11(7-9-17)15(2,3)4/h10-12,18H,5-9H2,1-4H3,(H,16,21)(H,19,20)/t10-,11?,12+/m1/s1. The summed E-state index contributed by atoms with van der Waals surface area (Å²) in [5.41, 5.74) is 0.218. The molecule has 0 spiro atoms. The number of aliphatic hydroxyl groups excluding tert-OH is 1. The van der Waals surface area contributed by atoms with Crippen molar-refractivity contribution in [1.29, 1.82) is 0 Å². The molecule has 0 radical (unpaired) electrons. The van der Waals surface area contributed by atoms with Crippen molar-refractivity contribution in [3.63, 3.8) is 0 Å². The lowest BCUT2D eigenvalue weighted by molar-refractivity contribution is -0.141. The van der Waals surface area contributed by atoms with Crippen LogP contribution in [-0.4, -0.2) is 52.3 Å². The number of rotatable bonds is 3. The van der Waals surface area contributed by atoms with Gasteiger partial charge >= 0.3 is 12.0 Å². The van der Waals surface area contributed by atoms with Gasteiger partial charge < -0.3 is 20.4 Å². The lowest BCUT2D eigenvalue weighted by Crippen LogP contribution is -2.52. The van der Waals surface area contributed by atoms with E-state index in [2.05, 4.69) is 26.1 Å². The van der Waals surface area contributed by atoms with Gasteiger partial charge in [-0.05, 0) is 37.5 Å². The first kappa shape index (κ1) is 17.8. The maximum absolute atomic E-state index is 12.2. The Balaban J connectivity index is 2.61. The Bertz CT molecular complexity index is 376. The largest absolute Gasteiger partial charge is 0.480 e. The van der Waals surface area contributed by atoms with Gasteiger partial charge in [-0.1, -0.05) is 20.8 Å². The number of likely N-dealkylation sites (tertiary alicyclic amines) is 1. The molecule has 3 atom stereocenters. The summed E-state index contributed by atoms with van der Waals surface area (Å²) in [5.74, 6) is -0.664. The van der Waals surface area contributed by atoms with Gasteiger partial charge in [-0.25, -0.2) is 9.59 Å². The average molecular weight is 300 g/mol. The van der Waals surface area contributed by atoms with Gasteiger partial charge in [0.25, 0.3) is 0 Å². The summed E-state index contributed by atoms with van der Waals surface area (Å²) < 4.78 is 0. The average Bonchev–Trinajstić information content (AvgIpc) is 2.59. The Kier molecular flexibility index (Phi) is 6.01. The Hall–Kier alpha value is -1.30. The van der Waals surface area contributed by atoms with Crippen LogP contribution in [0.3, 0.4) is 0 Å². The number of carboxylic acid groups (broad SMARTS) is 1. The molecule has 3 N–H and O–H groups in total. The van der Waals surface area contributed by atoms with Gasteiger partial charge in [-0.15, -0.1) is 0 Å². The summed E-state index contributed by atoms with van der Waals surface area (Å²) >= 11 is 0. The van der Waals surface area contributed by atoms with Crippen molar-refractivity contribution in [3.05, 3.63) is 0 Å². The van der Waals surface area contributed by atoms with Gasteiger partial charge in [0, 0.05) is 13.1 Å². The molecule has 1 unspecified atom stereocenters. The molecular formula is C15H28N2O4. The number of carboxylic acids is 1. The number of aliphatic carboxylic acids is 1. The Morgan fingerprint density at radius 3 is 2.33 bits per heavy atom. The number of urea groups is 1. The summed E-state index contributed by atoms with van der Waals surface area (Å²) in [7, 11) is 0. The van der Waals surface area contributed by atoms with Gasteiger partial charge in [-0.2, -0.15) is 0 Å². The highest BCUT2D eigenvalue weighted by Gasteiger charge is 2.31. The van der Waals surface area contributed by atoms with E-state index < -0.39 is 24.1 Å². The highest BCUT2D eigenvalue weighted by atomic mass is 16.4. The second-order valence-electron chi connectivity index (χ2n) is 6.99. The van der Waals surface area contributed by atoms with E-state index in [9.17, 15) is 14.7 Å². The number of nitrogens with one attached hydrogen (secondary N) is 1. The predicted molar refractivity (Wildman–Crippen MR) is 80.0 cm³/mol. The maximum atomic E-state index is 12.2. The minimum absolute atomic E-state index is 0.218. The third-order valence-corrected chi connectivity index (χ3v) is 4.27. The lowest BCUT2D eigenvalue weighted by atomic mass is 9.77. The molecule has 0 saturated carbocycles. The zero-order valence-electron chi connectivity index (χ0n) is 13.4. The second kappa shape index (κ2) is 7.11. The van der Waals surface area contributed by atoms with Crippen LogP contribution in [0, 0.1) is 11.3 Å². The number of hydrogen-bond donors (Lipinski definition) is 3. The van der Waals surface area contributed by atoms with Crippen LogP contribution in [-0.2, 0) is 4.79 Å². The van der Waals surface area contributed by atoms with Gasteiger partial charge in [0.15, 0.2) is 6.04 Å². The summed E-state index contributed by atoms with van der Waals surface area (Å²) in [4.78, 5) is 24.8. The van der Waals surface area contributed by atoms with E-state index >= 15 is 0 Å². The summed E-state index contributed by atoms with van der Waals surface area (Å²) in [6.07, 6.45) is 1.79. The molecule has 1 saturated heterocycles. The van der Waals surface area contributed by atoms with Crippen LogP contribution in [0.15, 0.2) is 0 Å². The highest BCUT2D eigenvalue weighted by Crippen LogP contribution is 2.34. The van der Waals surface area contributed by atoms with E-state index in [1.54, 1.807) is 4.90 Å².